The van der Waals surface area contributed by atoms with E-state index in [1.807, 2.05) is 0 Å². The fraction of sp³-hybridized carbons (Fsp3) is 0.0909. The average molecular weight is 590 g/mol. The minimum absolute atomic E-state index is 0.376. The van der Waals surface area contributed by atoms with Crippen molar-refractivity contribution in [3.63, 3.8) is 0 Å². The molecule has 0 N–H and O–H groups in total. The SMILES string of the molecule is CC1C=CC=C(N(c2ccccc2)c2ccc3oc4cc5c(cc4c3c2)-c2ccccc2C52c3ccccc3-c3ccccc32)C1. The molecule has 6 aromatic carbocycles. The first-order valence-corrected chi connectivity index (χ1v) is 16.2. The van der Waals surface area contributed by atoms with Crippen LogP contribution >= 0.6 is 0 Å². The first-order chi connectivity index (χ1) is 22.7. The van der Waals surface area contributed by atoms with Crippen molar-refractivity contribution in [2.24, 2.45) is 5.92 Å². The molecular formula is C44H31NO. The molecule has 0 saturated heterocycles. The highest BCUT2D eigenvalue weighted by Crippen LogP contribution is 2.63. The van der Waals surface area contributed by atoms with Crippen LogP contribution in [0.1, 0.15) is 35.6 Å². The summed E-state index contributed by atoms with van der Waals surface area (Å²) in [6.45, 7) is 2.28. The van der Waals surface area contributed by atoms with E-state index in [0.717, 1.165) is 34.0 Å². The molecule has 0 amide bonds. The van der Waals surface area contributed by atoms with Crippen LogP contribution in [0.25, 0.3) is 44.2 Å². The van der Waals surface area contributed by atoms with Crippen molar-refractivity contribution in [2.75, 3.05) is 4.90 Å². The summed E-state index contributed by atoms with van der Waals surface area (Å²) in [6, 6.07) is 49.0. The quantitative estimate of drug-likeness (QED) is 0.204. The van der Waals surface area contributed by atoms with Gasteiger partial charge in [0.05, 0.1) is 5.41 Å². The molecule has 1 aromatic heterocycles. The number of nitrogens with zero attached hydrogens (tertiary/aromatic N) is 1. The topological polar surface area (TPSA) is 16.4 Å². The van der Waals surface area contributed by atoms with Gasteiger partial charge in [-0.15, -0.1) is 0 Å². The summed E-state index contributed by atoms with van der Waals surface area (Å²) >= 11 is 0. The summed E-state index contributed by atoms with van der Waals surface area (Å²) in [6.07, 6.45) is 7.73. The summed E-state index contributed by atoms with van der Waals surface area (Å²) in [4.78, 5) is 2.41. The average Bonchev–Trinajstić information content (AvgIpc) is 3.71. The molecule has 0 radical (unpaired) electrons. The van der Waals surface area contributed by atoms with E-state index in [-0.39, 0.29) is 5.41 Å². The van der Waals surface area contributed by atoms with Crippen molar-refractivity contribution in [1.29, 1.82) is 0 Å². The third-order valence-corrected chi connectivity index (χ3v) is 10.4. The number of hydrogen-bond donors (Lipinski definition) is 0. The van der Waals surface area contributed by atoms with Crippen LogP contribution in [0, 0.1) is 5.92 Å². The van der Waals surface area contributed by atoms with Crippen LogP contribution < -0.4 is 4.90 Å². The maximum atomic E-state index is 6.71. The second kappa shape index (κ2) is 9.45. The second-order valence-electron chi connectivity index (χ2n) is 13.0. The van der Waals surface area contributed by atoms with Crippen LogP contribution in [0.3, 0.4) is 0 Å². The van der Waals surface area contributed by atoms with Crippen molar-refractivity contribution in [3.05, 3.63) is 180 Å². The second-order valence-corrected chi connectivity index (χ2v) is 13.0. The Balaban J connectivity index is 1.23. The van der Waals surface area contributed by atoms with Crippen molar-refractivity contribution in [2.45, 2.75) is 18.8 Å². The molecule has 1 heterocycles. The fourth-order valence-electron chi connectivity index (χ4n) is 8.53. The van der Waals surface area contributed by atoms with E-state index < -0.39 is 0 Å². The molecule has 0 fully saturated rings. The van der Waals surface area contributed by atoms with E-state index >= 15 is 0 Å². The van der Waals surface area contributed by atoms with Gasteiger partial charge in [0.1, 0.15) is 11.2 Å². The van der Waals surface area contributed by atoms with Crippen molar-refractivity contribution >= 4 is 33.3 Å². The van der Waals surface area contributed by atoms with Gasteiger partial charge >= 0.3 is 0 Å². The summed E-state index contributed by atoms with van der Waals surface area (Å²) in [7, 11) is 0. The molecule has 0 bridgehead atoms. The van der Waals surface area contributed by atoms with Gasteiger partial charge in [-0.3, -0.25) is 0 Å². The summed E-state index contributed by atoms with van der Waals surface area (Å²) in [5.41, 5.74) is 15.6. The normalized spacial score (nSPS) is 16.7. The molecule has 1 atom stereocenters. The van der Waals surface area contributed by atoms with Crippen molar-refractivity contribution in [3.8, 4) is 22.3 Å². The molecule has 0 saturated carbocycles. The third kappa shape index (κ3) is 3.36. The Kier molecular flexibility index (Phi) is 5.28. The highest BCUT2D eigenvalue weighted by molar-refractivity contribution is 6.10. The van der Waals surface area contributed by atoms with Gasteiger partial charge in [-0.1, -0.05) is 110 Å². The molecule has 218 valence electrons. The fourth-order valence-corrected chi connectivity index (χ4v) is 8.53. The van der Waals surface area contributed by atoms with Gasteiger partial charge in [0.2, 0.25) is 0 Å². The standard InChI is InChI=1S/C44H31NO/c1-28-12-11-15-30(24-28)45(29-13-3-2-4-14-29)31-22-23-42-36(25-31)37-26-35-34-18-7-10-21-40(34)44(41(35)27-43(37)46-42)38-19-8-5-16-32(38)33-17-6-9-20-39(33)44/h2-23,25-28H,24H2,1H3. The number of anilines is 2. The lowest BCUT2D eigenvalue weighted by Crippen LogP contribution is -2.25. The third-order valence-electron chi connectivity index (χ3n) is 10.4. The van der Waals surface area contributed by atoms with Gasteiger partial charge in [-0.05, 0) is 105 Å². The molecule has 1 spiro atoms. The molecule has 2 heteroatoms. The largest absolute Gasteiger partial charge is 0.456 e. The maximum absolute atomic E-state index is 6.71. The Morgan fingerprint density at radius 2 is 1.17 bits per heavy atom. The molecule has 3 aliphatic rings. The Morgan fingerprint density at radius 3 is 1.85 bits per heavy atom. The van der Waals surface area contributed by atoms with E-state index in [1.165, 1.54) is 55.9 Å². The summed E-state index contributed by atoms with van der Waals surface area (Å²) < 4.78 is 6.71. The molecule has 0 aliphatic heterocycles. The number of furan rings is 1. The first-order valence-electron chi connectivity index (χ1n) is 16.2. The molecule has 10 rings (SSSR count). The van der Waals surface area contributed by atoms with Crippen LogP contribution in [0.15, 0.2) is 162 Å². The molecule has 2 nitrogen and oxygen atoms in total. The summed E-state index contributed by atoms with van der Waals surface area (Å²) in [5.74, 6) is 0.491. The van der Waals surface area contributed by atoms with Crippen LogP contribution in [0.2, 0.25) is 0 Å². The van der Waals surface area contributed by atoms with E-state index in [9.17, 15) is 0 Å². The van der Waals surface area contributed by atoms with E-state index in [0.29, 0.717) is 5.92 Å². The Morgan fingerprint density at radius 1 is 0.565 bits per heavy atom. The van der Waals surface area contributed by atoms with Gasteiger partial charge < -0.3 is 9.32 Å². The molecular weight excluding hydrogens is 558 g/mol. The van der Waals surface area contributed by atoms with Gasteiger partial charge in [0.25, 0.3) is 0 Å². The zero-order chi connectivity index (χ0) is 30.4. The van der Waals surface area contributed by atoms with Crippen molar-refractivity contribution < 1.29 is 4.42 Å². The van der Waals surface area contributed by atoms with Crippen LogP contribution in [-0.2, 0) is 5.41 Å². The number of para-hydroxylation sites is 1. The Hall–Kier alpha value is -5.60. The van der Waals surface area contributed by atoms with Crippen LogP contribution in [0.5, 0.6) is 0 Å². The lowest BCUT2D eigenvalue weighted by atomic mass is 9.70. The highest BCUT2D eigenvalue weighted by atomic mass is 16.3. The van der Waals surface area contributed by atoms with Crippen molar-refractivity contribution in [1.82, 2.24) is 0 Å². The highest BCUT2D eigenvalue weighted by Gasteiger charge is 2.51. The zero-order valence-electron chi connectivity index (χ0n) is 25.6. The minimum Gasteiger partial charge on any atom is -0.456 e. The van der Waals surface area contributed by atoms with Gasteiger partial charge in [0, 0.05) is 27.8 Å². The number of benzene rings is 6. The zero-order valence-corrected chi connectivity index (χ0v) is 25.6. The smallest absolute Gasteiger partial charge is 0.135 e. The van der Waals surface area contributed by atoms with Crippen LogP contribution in [0.4, 0.5) is 11.4 Å². The molecule has 46 heavy (non-hydrogen) atoms. The monoisotopic (exact) mass is 589 g/mol. The number of fused-ring (bicyclic) bond motifs is 13. The van der Waals surface area contributed by atoms with Gasteiger partial charge in [-0.2, -0.15) is 0 Å². The van der Waals surface area contributed by atoms with E-state index in [4.69, 9.17) is 4.42 Å². The molecule has 1 unspecified atom stereocenters. The number of rotatable bonds is 3. The Bertz CT molecular complexity index is 2380. The minimum atomic E-state index is -0.376. The summed E-state index contributed by atoms with van der Waals surface area (Å²) in [5, 5.41) is 2.29. The predicted molar refractivity (Wildman–Crippen MR) is 190 cm³/mol. The Labute approximate surface area is 268 Å². The van der Waals surface area contributed by atoms with Crippen LogP contribution in [-0.4, -0.2) is 0 Å². The maximum Gasteiger partial charge on any atom is 0.135 e. The van der Waals surface area contributed by atoms with Gasteiger partial charge in [0.15, 0.2) is 0 Å². The number of allylic oxidation sites excluding steroid dienone is 4. The van der Waals surface area contributed by atoms with E-state index in [1.54, 1.807) is 0 Å². The molecule has 3 aliphatic carbocycles. The predicted octanol–water partition coefficient (Wildman–Crippen LogP) is 11.5. The molecule has 7 aromatic rings. The van der Waals surface area contributed by atoms with E-state index in [2.05, 4.69) is 164 Å². The number of hydrogen-bond acceptors (Lipinski definition) is 2. The van der Waals surface area contributed by atoms with Gasteiger partial charge in [-0.25, -0.2) is 0 Å². The lowest BCUT2D eigenvalue weighted by Gasteiger charge is -2.30. The first kappa shape index (κ1) is 25.7. The lowest BCUT2D eigenvalue weighted by molar-refractivity contribution is 0.666.